The number of piperidine rings is 1. The highest BCUT2D eigenvalue weighted by Gasteiger charge is 2.24. The van der Waals surface area contributed by atoms with Crippen molar-refractivity contribution in [3.8, 4) is 0 Å². The van der Waals surface area contributed by atoms with Crippen LogP contribution < -0.4 is 5.32 Å². The van der Waals surface area contributed by atoms with Crippen LogP contribution in [0.5, 0.6) is 0 Å². The van der Waals surface area contributed by atoms with Gasteiger partial charge in [0.05, 0.1) is 0 Å². The highest BCUT2D eigenvalue weighted by molar-refractivity contribution is 4.81. The largest absolute Gasteiger partial charge is 0.311 e. The SMILES string of the molecule is CCC(NC(C)C1CCN(C)CC1)C(C)C. The fourth-order valence-corrected chi connectivity index (χ4v) is 2.78. The molecule has 0 radical (unpaired) electrons. The smallest absolute Gasteiger partial charge is 0.00900 e. The molecular weight excluding hydrogens is 196 g/mol. The summed E-state index contributed by atoms with van der Waals surface area (Å²) in [5.41, 5.74) is 0. The van der Waals surface area contributed by atoms with Crippen LogP contribution in [0.15, 0.2) is 0 Å². The molecule has 2 atom stereocenters. The molecule has 2 unspecified atom stereocenters. The van der Waals surface area contributed by atoms with E-state index >= 15 is 0 Å². The van der Waals surface area contributed by atoms with E-state index in [4.69, 9.17) is 0 Å². The highest BCUT2D eigenvalue weighted by Crippen LogP contribution is 2.21. The lowest BCUT2D eigenvalue weighted by Crippen LogP contribution is -2.46. The van der Waals surface area contributed by atoms with Crippen molar-refractivity contribution in [2.75, 3.05) is 20.1 Å². The first-order valence-corrected chi connectivity index (χ1v) is 6.99. The van der Waals surface area contributed by atoms with Crippen molar-refractivity contribution in [1.29, 1.82) is 0 Å². The Morgan fingerprint density at radius 2 is 1.75 bits per heavy atom. The van der Waals surface area contributed by atoms with Crippen LogP contribution in [0.2, 0.25) is 0 Å². The lowest BCUT2D eigenvalue weighted by molar-refractivity contribution is 0.177. The molecule has 1 N–H and O–H groups in total. The van der Waals surface area contributed by atoms with Gasteiger partial charge in [-0.05, 0) is 58.2 Å². The third kappa shape index (κ3) is 4.06. The van der Waals surface area contributed by atoms with Gasteiger partial charge >= 0.3 is 0 Å². The van der Waals surface area contributed by atoms with Gasteiger partial charge in [0.1, 0.15) is 0 Å². The number of rotatable bonds is 5. The Morgan fingerprint density at radius 1 is 1.19 bits per heavy atom. The Balaban J connectivity index is 2.36. The molecule has 0 aliphatic carbocycles. The second-order valence-corrected chi connectivity index (χ2v) is 5.85. The van der Waals surface area contributed by atoms with Crippen LogP contribution in [-0.2, 0) is 0 Å². The van der Waals surface area contributed by atoms with E-state index in [-0.39, 0.29) is 0 Å². The summed E-state index contributed by atoms with van der Waals surface area (Å²) >= 11 is 0. The summed E-state index contributed by atoms with van der Waals surface area (Å²) < 4.78 is 0. The summed E-state index contributed by atoms with van der Waals surface area (Å²) in [6, 6.07) is 1.37. The molecule has 1 saturated heterocycles. The molecule has 1 aliphatic heterocycles. The summed E-state index contributed by atoms with van der Waals surface area (Å²) in [4.78, 5) is 2.45. The number of hydrogen-bond acceptors (Lipinski definition) is 2. The van der Waals surface area contributed by atoms with Gasteiger partial charge < -0.3 is 10.2 Å². The zero-order valence-corrected chi connectivity index (χ0v) is 11.8. The minimum Gasteiger partial charge on any atom is -0.311 e. The summed E-state index contributed by atoms with van der Waals surface area (Å²) in [6.07, 6.45) is 3.97. The second-order valence-electron chi connectivity index (χ2n) is 5.85. The van der Waals surface area contributed by atoms with E-state index < -0.39 is 0 Å². The van der Waals surface area contributed by atoms with Crippen molar-refractivity contribution < 1.29 is 0 Å². The van der Waals surface area contributed by atoms with Crippen LogP contribution in [0.25, 0.3) is 0 Å². The van der Waals surface area contributed by atoms with Crippen LogP contribution in [0.1, 0.15) is 47.0 Å². The van der Waals surface area contributed by atoms with Crippen LogP contribution >= 0.6 is 0 Å². The van der Waals surface area contributed by atoms with Gasteiger partial charge in [-0.3, -0.25) is 0 Å². The quantitative estimate of drug-likeness (QED) is 0.775. The maximum absolute atomic E-state index is 3.83. The zero-order chi connectivity index (χ0) is 12.1. The lowest BCUT2D eigenvalue weighted by atomic mass is 9.89. The molecule has 16 heavy (non-hydrogen) atoms. The molecule has 0 aromatic carbocycles. The van der Waals surface area contributed by atoms with Gasteiger partial charge in [-0.15, -0.1) is 0 Å². The summed E-state index contributed by atoms with van der Waals surface area (Å²) in [5, 5.41) is 3.83. The summed E-state index contributed by atoms with van der Waals surface area (Å²) in [6.45, 7) is 11.9. The Bertz CT molecular complexity index is 183. The van der Waals surface area contributed by atoms with E-state index in [1.54, 1.807) is 0 Å². The van der Waals surface area contributed by atoms with Gasteiger partial charge in [0.15, 0.2) is 0 Å². The summed E-state index contributed by atoms with van der Waals surface area (Å²) in [7, 11) is 2.23. The molecule has 0 aromatic rings. The van der Waals surface area contributed by atoms with Gasteiger partial charge in [0.25, 0.3) is 0 Å². The minimum atomic E-state index is 0.682. The van der Waals surface area contributed by atoms with E-state index in [1.165, 1.54) is 32.4 Å². The number of nitrogens with one attached hydrogen (secondary N) is 1. The monoisotopic (exact) mass is 226 g/mol. The van der Waals surface area contributed by atoms with Crippen molar-refractivity contribution in [3.63, 3.8) is 0 Å². The third-order valence-electron chi connectivity index (χ3n) is 4.19. The van der Waals surface area contributed by atoms with E-state index in [9.17, 15) is 0 Å². The first-order valence-electron chi connectivity index (χ1n) is 6.99. The predicted octanol–water partition coefficient (Wildman–Crippen LogP) is 2.74. The van der Waals surface area contributed by atoms with Crippen LogP contribution in [-0.4, -0.2) is 37.1 Å². The van der Waals surface area contributed by atoms with Gasteiger partial charge in [-0.25, -0.2) is 0 Å². The Morgan fingerprint density at radius 3 is 2.19 bits per heavy atom. The maximum Gasteiger partial charge on any atom is 0.00900 e. The molecule has 0 spiro atoms. The van der Waals surface area contributed by atoms with E-state index in [2.05, 4.69) is 45.0 Å². The molecule has 1 fully saturated rings. The van der Waals surface area contributed by atoms with E-state index in [1.807, 2.05) is 0 Å². The average Bonchev–Trinajstić information content (AvgIpc) is 2.26. The molecular formula is C14H30N2. The summed E-state index contributed by atoms with van der Waals surface area (Å²) in [5.74, 6) is 1.63. The molecule has 2 nitrogen and oxygen atoms in total. The van der Waals surface area contributed by atoms with E-state index in [0.717, 1.165) is 11.8 Å². The van der Waals surface area contributed by atoms with Gasteiger partial charge in [0.2, 0.25) is 0 Å². The first kappa shape index (κ1) is 14.0. The van der Waals surface area contributed by atoms with Crippen molar-refractivity contribution in [3.05, 3.63) is 0 Å². The molecule has 0 saturated carbocycles. The van der Waals surface area contributed by atoms with Crippen LogP contribution in [0.4, 0.5) is 0 Å². The number of nitrogens with zero attached hydrogens (tertiary/aromatic N) is 1. The van der Waals surface area contributed by atoms with Crippen molar-refractivity contribution >= 4 is 0 Å². The van der Waals surface area contributed by atoms with Gasteiger partial charge in [-0.2, -0.15) is 0 Å². The predicted molar refractivity (Wildman–Crippen MR) is 71.7 cm³/mol. The normalized spacial score (nSPS) is 23.6. The van der Waals surface area contributed by atoms with Crippen LogP contribution in [0, 0.1) is 11.8 Å². The van der Waals surface area contributed by atoms with Crippen molar-refractivity contribution in [1.82, 2.24) is 10.2 Å². The minimum absolute atomic E-state index is 0.682. The Kier molecular flexibility index (Phi) is 5.77. The average molecular weight is 226 g/mol. The molecule has 0 bridgehead atoms. The van der Waals surface area contributed by atoms with Gasteiger partial charge in [-0.1, -0.05) is 20.8 Å². The zero-order valence-electron chi connectivity index (χ0n) is 11.8. The number of hydrogen-bond donors (Lipinski definition) is 1. The van der Waals surface area contributed by atoms with Crippen molar-refractivity contribution in [2.24, 2.45) is 11.8 Å². The fourth-order valence-electron chi connectivity index (χ4n) is 2.78. The molecule has 0 amide bonds. The topological polar surface area (TPSA) is 15.3 Å². The molecule has 96 valence electrons. The Hall–Kier alpha value is -0.0800. The standard InChI is InChI=1S/C14H30N2/c1-6-14(11(2)3)15-12(4)13-7-9-16(5)10-8-13/h11-15H,6-10H2,1-5H3. The lowest BCUT2D eigenvalue weighted by Gasteiger charge is -2.35. The first-order chi connectivity index (χ1) is 7.54. The van der Waals surface area contributed by atoms with Crippen molar-refractivity contribution in [2.45, 2.75) is 59.0 Å². The number of likely N-dealkylation sites (tertiary alicyclic amines) is 1. The third-order valence-corrected chi connectivity index (χ3v) is 4.19. The molecule has 2 heteroatoms. The van der Waals surface area contributed by atoms with Gasteiger partial charge in [0, 0.05) is 12.1 Å². The van der Waals surface area contributed by atoms with Crippen LogP contribution in [0.3, 0.4) is 0 Å². The molecule has 1 aliphatic rings. The fraction of sp³-hybridized carbons (Fsp3) is 1.00. The van der Waals surface area contributed by atoms with E-state index in [0.29, 0.717) is 12.1 Å². The maximum atomic E-state index is 3.83. The molecule has 0 aromatic heterocycles. The Labute approximate surface area is 102 Å². The molecule has 1 rings (SSSR count). The second kappa shape index (κ2) is 6.61. The highest BCUT2D eigenvalue weighted by atomic mass is 15.1. The molecule has 1 heterocycles.